The first-order chi connectivity index (χ1) is 8.74. The summed E-state index contributed by atoms with van der Waals surface area (Å²) in [7, 11) is 0. The number of fused-ring (bicyclic) bond motifs is 1. The largest absolute Gasteiger partial charge is 0.474 e. The number of para-hydroxylation sites is 1. The van der Waals surface area contributed by atoms with Gasteiger partial charge in [0, 0.05) is 5.39 Å². The minimum absolute atomic E-state index is 0.00239. The van der Waals surface area contributed by atoms with Crippen LogP contribution in [0.15, 0.2) is 30.3 Å². The summed E-state index contributed by atoms with van der Waals surface area (Å²) in [4.78, 5) is 4.48. The predicted octanol–water partition coefficient (Wildman–Crippen LogP) is 2.45. The van der Waals surface area contributed by atoms with Crippen LogP contribution in [-0.2, 0) is 0 Å². The van der Waals surface area contributed by atoms with Crippen molar-refractivity contribution in [1.82, 2.24) is 4.98 Å². The Labute approximate surface area is 105 Å². The molecular formula is C14H15N3O. The van der Waals surface area contributed by atoms with E-state index in [0.29, 0.717) is 11.4 Å². The SMILES string of the molecule is N=C(N)c1cc2ccccc2nc1OC1CCC1. The first kappa shape index (κ1) is 11.0. The van der Waals surface area contributed by atoms with Gasteiger partial charge >= 0.3 is 0 Å². The molecule has 1 aromatic heterocycles. The lowest BCUT2D eigenvalue weighted by Gasteiger charge is -2.26. The van der Waals surface area contributed by atoms with Gasteiger partial charge in [0.2, 0.25) is 5.88 Å². The van der Waals surface area contributed by atoms with Gasteiger partial charge in [-0.15, -0.1) is 0 Å². The van der Waals surface area contributed by atoms with Gasteiger partial charge in [0.15, 0.2) is 0 Å². The van der Waals surface area contributed by atoms with Crippen molar-refractivity contribution >= 4 is 16.7 Å². The maximum Gasteiger partial charge on any atom is 0.225 e. The van der Waals surface area contributed by atoms with Gasteiger partial charge in [-0.05, 0) is 31.4 Å². The van der Waals surface area contributed by atoms with Crippen molar-refractivity contribution in [2.45, 2.75) is 25.4 Å². The number of nitrogens with two attached hydrogens (primary N) is 1. The third-order valence-electron chi connectivity index (χ3n) is 3.31. The fourth-order valence-corrected chi connectivity index (χ4v) is 2.03. The molecule has 1 saturated carbocycles. The molecule has 4 nitrogen and oxygen atoms in total. The monoisotopic (exact) mass is 241 g/mol. The molecule has 4 heteroatoms. The number of rotatable bonds is 3. The van der Waals surface area contributed by atoms with Gasteiger partial charge in [0.05, 0.1) is 11.1 Å². The van der Waals surface area contributed by atoms with Crippen LogP contribution in [0, 0.1) is 5.41 Å². The summed E-state index contributed by atoms with van der Waals surface area (Å²) in [6.45, 7) is 0. The lowest BCUT2D eigenvalue weighted by atomic mass is 9.96. The van der Waals surface area contributed by atoms with Gasteiger partial charge in [-0.25, -0.2) is 4.98 Å². The third-order valence-corrected chi connectivity index (χ3v) is 3.31. The number of nitrogen functional groups attached to an aromatic ring is 1. The highest BCUT2D eigenvalue weighted by molar-refractivity contribution is 6.00. The van der Waals surface area contributed by atoms with E-state index < -0.39 is 0 Å². The molecule has 3 N–H and O–H groups in total. The van der Waals surface area contributed by atoms with E-state index >= 15 is 0 Å². The van der Waals surface area contributed by atoms with Crippen LogP contribution in [0.4, 0.5) is 0 Å². The van der Waals surface area contributed by atoms with Crippen LogP contribution < -0.4 is 10.5 Å². The number of benzene rings is 1. The fraction of sp³-hybridized carbons (Fsp3) is 0.286. The topological polar surface area (TPSA) is 72.0 Å². The fourth-order valence-electron chi connectivity index (χ4n) is 2.03. The summed E-state index contributed by atoms with van der Waals surface area (Å²) >= 11 is 0. The highest BCUT2D eigenvalue weighted by atomic mass is 16.5. The number of aromatic nitrogens is 1. The molecule has 1 aromatic carbocycles. The first-order valence-electron chi connectivity index (χ1n) is 6.15. The number of nitrogens with one attached hydrogen (secondary N) is 1. The van der Waals surface area contributed by atoms with Crippen molar-refractivity contribution in [3.8, 4) is 5.88 Å². The second-order valence-electron chi connectivity index (χ2n) is 4.62. The van der Waals surface area contributed by atoms with Crippen molar-refractivity contribution in [2.24, 2.45) is 5.73 Å². The molecule has 0 atom stereocenters. The number of hydrogen-bond donors (Lipinski definition) is 2. The molecule has 1 aliphatic rings. The molecule has 2 aromatic rings. The molecule has 18 heavy (non-hydrogen) atoms. The predicted molar refractivity (Wildman–Crippen MR) is 71.0 cm³/mol. The van der Waals surface area contributed by atoms with Crippen LogP contribution in [0.2, 0.25) is 0 Å². The molecule has 3 rings (SSSR count). The van der Waals surface area contributed by atoms with Gasteiger partial charge in [0.1, 0.15) is 11.9 Å². The van der Waals surface area contributed by atoms with Crippen molar-refractivity contribution in [1.29, 1.82) is 5.41 Å². The molecule has 1 aliphatic carbocycles. The molecular weight excluding hydrogens is 226 g/mol. The number of nitrogens with zero attached hydrogens (tertiary/aromatic N) is 1. The zero-order valence-corrected chi connectivity index (χ0v) is 10.0. The Morgan fingerprint density at radius 1 is 1.33 bits per heavy atom. The summed E-state index contributed by atoms with van der Waals surface area (Å²) < 4.78 is 5.82. The average molecular weight is 241 g/mol. The lowest BCUT2D eigenvalue weighted by molar-refractivity contribution is 0.115. The van der Waals surface area contributed by atoms with Crippen LogP contribution in [0.25, 0.3) is 10.9 Å². The second kappa shape index (κ2) is 4.29. The molecule has 1 heterocycles. The molecule has 0 unspecified atom stereocenters. The summed E-state index contributed by atoms with van der Waals surface area (Å²) in [5.41, 5.74) is 7.06. The lowest BCUT2D eigenvalue weighted by Crippen LogP contribution is -2.26. The van der Waals surface area contributed by atoms with Crippen molar-refractivity contribution in [2.75, 3.05) is 0 Å². The van der Waals surface area contributed by atoms with Crippen LogP contribution in [-0.4, -0.2) is 16.9 Å². The van der Waals surface area contributed by atoms with Crippen molar-refractivity contribution in [3.63, 3.8) is 0 Å². The van der Waals surface area contributed by atoms with Crippen LogP contribution >= 0.6 is 0 Å². The van der Waals surface area contributed by atoms with E-state index in [2.05, 4.69) is 4.98 Å². The van der Waals surface area contributed by atoms with Gasteiger partial charge < -0.3 is 10.5 Å². The standard InChI is InChI=1S/C14H15N3O/c15-13(16)11-8-9-4-1-2-7-12(9)17-14(11)18-10-5-3-6-10/h1-2,4,7-8,10H,3,5-6H2,(H3,15,16). The number of amidine groups is 1. The smallest absolute Gasteiger partial charge is 0.225 e. The maximum atomic E-state index is 7.63. The van der Waals surface area contributed by atoms with E-state index in [1.165, 1.54) is 6.42 Å². The Balaban J connectivity index is 2.07. The van der Waals surface area contributed by atoms with Crippen molar-refractivity contribution < 1.29 is 4.74 Å². The Kier molecular flexibility index (Phi) is 2.63. The number of ether oxygens (including phenoxy) is 1. The van der Waals surface area contributed by atoms with E-state index in [1.807, 2.05) is 30.3 Å². The summed E-state index contributed by atoms with van der Waals surface area (Å²) in [6.07, 6.45) is 3.56. The average Bonchev–Trinajstić information content (AvgIpc) is 2.32. The minimum Gasteiger partial charge on any atom is -0.474 e. The number of hydrogen-bond acceptors (Lipinski definition) is 3. The maximum absolute atomic E-state index is 7.63. The van der Waals surface area contributed by atoms with E-state index in [-0.39, 0.29) is 11.9 Å². The normalized spacial score (nSPS) is 15.3. The van der Waals surface area contributed by atoms with E-state index in [9.17, 15) is 0 Å². The molecule has 0 saturated heterocycles. The zero-order chi connectivity index (χ0) is 12.5. The Bertz CT molecular complexity index is 605. The molecule has 0 spiro atoms. The van der Waals surface area contributed by atoms with Crippen LogP contribution in [0.3, 0.4) is 0 Å². The summed E-state index contributed by atoms with van der Waals surface area (Å²) in [5.74, 6) is 0.494. The van der Waals surface area contributed by atoms with E-state index in [1.54, 1.807) is 0 Å². The Morgan fingerprint density at radius 3 is 2.78 bits per heavy atom. The molecule has 0 radical (unpaired) electrons. The molecule has 1 fully saturated rings. The van der Waals surface area contributed by atoms with Gasteiger partial charge in [-0.1, -0.05) is 18.2 Å². The van der Waals surface area contributed by atoms with Crippen LogP contribution in [0.5, 0.6) is 5.88 Å². The molecule has 0 aliphatic heterocycles. The van der Waals surface area contributed by atoms with E-state index in [4.69, 9.17) is 15.9 Å². The third kappa shape index (κ3) is 1.90. The molecule has 0 bridgehead atoms. The second-order valence-corrected chi connectivity index (χ2v) is 4.62. The first-order valence-corrected chi connectivity index (χ1v) is 6.15. The molecule has 0 amide bonds. The Hall–Kier alpha value is -2.10. The Morgan fingerprint density at radius 2 is 2.11 bits per heavy atom. The van der Waals surface area contributed by atoms with Crippen LogP contribution in [0.1, 0.15) is 24.8 Å². The zero-order valence-electron chi connectivity index (χ0n) is 10.0. The summed E-state index contributed by atoms with van der Waals surface area (Å²) in [6, 6.07) is 9.66. The number of pyridine rings is 1. The highest BCUT2D eigenvalue weighted by Gasteiger charge is 2.22. The quantitative estimate of drug-likeness (QED) is 0.640. The van der Waals surface area contributed by atoms with Gasteiger partial charge in [-0.3, -0.25) is 5.41 Å². The highest BCUT2D eigenvalue weighted by Crippen LogP contribution is 2.28. The summed E-state index contributed by atoms with van der Waals surface area (Å²) in [5, 5.41) is 8.60. The van der Waals surface area contributed by atoms with Crippen molar-refractivity contribution in [3.05, 3.63) is 35.9 Å². The van der Waals surface area contributed by atoms with Gasteiger partial charge in [0.25, 0.3) is 0 Å². The van der Waals surface area contributed by atoms with E-state index in [0.717, 1.165) is 23.7 Å². The minimum atomic E-state index is 0.00239. The van der Waals surface area contributed by atoms with Gasteiger partial charge in [-0.2, -0.15) is 0 Å². The molecule has 92 valence electrons.